The van der Waals surface area contributed by atoms with Gasteiger partial charge in [-0.25, -0.2) is 8.42 Å². The molecule has 2 aromatic carbocycles. The third-order valence-electron chi connectivity index (χ3n) is 4.14. The summed E-state index contributed by atoms with van der Waals surface area (Å²) >= 11 is 0. The minimum atomic E-state index is -4.01. The number of aliphatic hydroxyl groups excluding tert-OH is 1. The number of carbonyl (C=O) groups excluding carboxylic acids is 1. The highest BCUT2D eigenvalue weighted by Crippen LogP contribution is 2.25. The highest BCUT2D eigenvalue weighted by molar-refractivity contribution is 7.89. The topological polar surface area (TPSA) is 105 Å². The van der Waals surface area contributed by atoms with Crippen molar-refractivity contribution in [3.05, 3.63) is 59.7 Å². The van der Waals surface area contributed by atoms with Crippen LogP contribution in [0.25, 0.3) is 0 Å². The minimum absolute atomic E-state index is 0.0174. The number of ether oxygens (including phenoxy) is 1. The zero-order chi connectivity index (χ0) is 20.6. The van der Waals surface area contributed by atoms with Crippen molar-refractivity contribution >= 4 is 15.9 Å². The number of rotatable bonds is 10. The molecule has 0 heterocycles. The number of aryl methyl sites for hydroxylation is 1. The van der Waals surface area contributed by atoms with Gasteiger partial charge < -0.3 is 15.2 Å². The van der Waals surface area contributed by atoms with E-state index in [2.05, 4.69) is 10.0 Å². The van der Waals surface area contributed by atoms with Crippen LogP contribution in [-0.2, 0) is 21.2 Å². The molecule has 28 heavy (non-hydrogen) atoms. The smallest absolute Gasteiger partial charge is 0.244 e. The quantitative estimate of drug-likeness (QED) is 0.517. The lowest BCUT2D eigenvalue weighted by Crippen LogP contribution is -2.48. The molecule has 0 saturated heterocycles. The maximum atomic E-state index is 13.0. The van der Waals surface area contributed by atoms with E-state index in [0.29, 0.717) is 6.42 Å². The van der Waals surface area contributed by atoms with Gasteiger partial charge in [-0.1, -0.05) is 36.4 Å². The first-order valence-electron chi connectivity index (χ1n) is 8.97. The average molecular weight is 407 g/mol. The van der Waals surface area contributed by atoms with E-state index in [4.69, 9.17) is 9.84 Å². The maximum Gasteiger partial charge on any atom is 0.244 e. The molecule has 0 bridgehead atoms. The fourth-order valence-electron chi connectivity index (χ4n) is 2.70. The number of methoxy groups -OCH3 is 1. The Labute approximate surface area is 165 Å². The normalized spacial score (nSPS) is 12.4. The lowest BCUT2D eigenvalue weighted by atomic mass is 10.1. The molecule has 0 aliphatic heterocycles. The fourth-order valence-corrected chi connectivity index (χ4v) is 4.15. The number of hydrogen-bond donors (Lipinski definition) is 3. The molecule has 0 radical (unpaired) electrons. The monoisotopic (exact) mass is 406 g/mol. The van der Waals surface area contributed by atoms with Crippen LogP contribution in [0.15, 0.2) is 53.4 Å². The summed E-state index contributed by atoms with van der Waals surface area (Å²) < 4.78 is 33.7. The summed E-state index contributed by atoms with van der Waals surface area (Å²) in [6.07, 6.45) is 0.585. The molecule has 0 saturated carbocycles. The van der Waals surface area contributed by atoms with Crippen LogP contribution in [0.2, 0.25) is 0 Å². The van der Waals surface area contributed by atoms with Gasteiger partial charge in [0.1, 0.15) is 16.7 Å². The van der Waals surface area contributed by atoms with Crippen molar-refractivity contribution in [3.8, 4) is 5.75 Å². The molecule has 7 nitrogen and oxygen atoms in total. The molecular formula is C20H26N2O5S. The molecule has 2 aromatic rings. The van der Waals surface area contributed by atoms with Crippen LogP contribution >= 0.6 is 0 Å². The summed E-state index contributed by atoms with van der Waals surface area (Å²) in [6.45, 7) is 1.98. The van der Waals surface area contributed by atoms with Crippen LogP contribution in [0.4, 0.5) is 0 Å². The SMILES string of the molecule is COc1ccc(C)cc1S(=O)(=O)NC(Cc1ccccc1)C(=O)NCCCO. The highest BCUT2D eigenvalue weighted by atomic mass is 32.2. The standard InChI is InChI=1S/C20H26N2O5S/c1-15-9-10-18(27-2)19(13-15)28(25,26)22-17(20(24)21-11-6-12-23)14-16-7-4-3-5-8-16/h3-5,7-10,13,17,22-23H,6,11-12,14H2,1-2H3,(H,21,24). The van der Waals surface area contributed by atoms with Gasteiger partial charge in [0.05, 0.1) is 7.11 Å². The molecule has 152 valence electrons. The third-order valence-corrected chi connectivity index (χ3v) is 5.63. The predicted molar refractivity (Wildman–Crippen MR) is 107 cm³/mol. The van der Waals surface area contributed by atoms with E-state index in [9.17, 15) is 13.2 Å². The van der Waals surface area contributed by atoms with E-state index < -0.39 is 22.0 Å². The van der Waals surface area contributed by atoms with Crippen molar-refractivity contribution in [2.24, 2.45) is 0 Å². The van der Waals surface area contributed by atoms with Crippen molar-refractivity contribution in [1.82, 2.24) is 10.0 Å². The van der Waals surface area contributed by atoms with Crippen molar-refractivity contribution in [2.75, 3.05) is 20.3 Å². The second-order valence-corrected chi connectivity index (χ2v) is 8.07. The lowest BCUT2D eigenvalue weighted by Gasteiger charge is -2.20. The van der Waals surface area contributed by atoms with E-state index in [1.54, 1.807) is 19.1 Å². The van der Waals surface area contributed by atoms with Crippen LogP contribution in [0, 0.1) is 6.92 Å². The summed E-state index contributed by atoms with van der Waals surface area (Å²) in [5, 5.41) is 11.6. The van der Waals surface area contributed by atoms with E-state index >= 15 is 0 Å². The van der Waals surface area contributed by atoms with E-state index in [1.807, 2.05) is 30.3 Å². The Balaban J connectivity index is 2.29. The molecule has 1 atom stereocenters. The molecular weight excluding hydrogens is 380 g/mol. The fraction of sp³-hybridized carbons (Fsp3) is 0.350. The lowest BCUT2D eigenvalue weighted by molar-refractivity contribution is -0.122. The predicted octanol–water partition coefficient (Wildman–Crippen LogP) is 1.39. The van der Waals surface area contributed by atoms with Crippen molar-refractivity contribution in [3.63, 3.8) is 0 Å². The average Bonchev–Trinajstić information content (AvgIpc) is 2.68. The zero-order valence-electron chi connectivity index (χ0n) is 16.0. The zero-order valence-corrected chi connectivity index (χ0v) is 16.8. The Morgan fingerprint density at radius 1 is 1.18 bits per heavy atom. The number of aliphatic hydroxyl groups is 1. The Bertz CT molecular complexity index is 885. The van der Waals surface area contributed by atoms with Crippen molar-refractivity contribution in [1.29, 1.82) is 0 Å². The number of sulfonamides is 1. The molecule has 8 heteroatoms. The van der Waals surface area contributed by atoms with Crippen LogP contribution in [-0.4, -0.2) is 45.7 Å². The van der Waals surface area contributed by atoms with Crippen LogP contribution < -0.4 is 14.8 Å². The van der Waals surface area contributed by atoms with Gasteiger partial charge in [-0.15, -0.1) is 0 Å². The van der Waals surface area contributed by atoms with Crippen molar-refractivity contribution in [2.45, 2.75) is 30.7 Å². The number of amides is 1. The second-order valence-electron chi connectivity index (χ2n) is 6.39. The van der Waals surface area contributed by atoms with Crippen LogP contribution in [0.5, 0.6) is 5.75 Å². The van der Waals surface area contributed by atoms with E-state index in [-0.39, 0.29) is 30.2 Å². The van der Waals surface area contributed by atoms with Gasteiger partial charge in [0.15, 0.2) is 0 Å². The van der Waals surface area contributed by atoms with Gasteiger partial charge >= 0.3 is 0 Å². The maximum absolute atomic E-state index is 13.0. The van der Waals surface area contributed by atoms with Crippen LogP contribution in [0.1, 0.15) is 17.5 Å². The van der Waals surface area contributed by atoms with Crippen LogP contribution in [0.3, 0.4) is 0 Å². The first kappa shape index (κ1) is 21.9. The van der Waals surface area contributed by atoms with Gasteiger partial charge in [0, 0.05) is 13.2 Å². The largest absolute Gasteiger partial charge is 0.495 e. The minimum Gasteiger partial charge on any atom is -0.495 e. The van der Waals surface area contributed by atoms with Gasteiger partial charge in [-0.05, 0) is 43.0 Å². The molecule has 1 amide bonds. The second kappa shape index (κ2) is 10.2. The van der Waals surface area contributed by atoms with Gasteiger partial charge in [0.2, 0.25) is 15.9 Å². The Morgan fingerprint density at radius 3 is 2.54 bits per heavy atom. The summed E-state index contributed by atoms with van der Waals surface area (Å²) in [4.78, 5) is 12.6. The third kappa shape index (κ3) is 6.05. The van der Waals surface area contributed by atoms with Crippen molar-refractivity contribution < 1.29 is 23.1 Å². The first-order valence-corrected chi connectivity index (χ1v) is 10.4. The number of benzene rings is 2. The highest BCUT2D eigenvalue weighted by Gasteiger charge is 2.28. The molecule has 3 N–H and O–H groups in total. The summed E-state index contributed by atoms with van der Waals surface area (Å²) in [7, 11) is -2.61. The molecule has 0 aliphatic carbocycles. The summed E-state index contributed by atoms with van der Waals surface area (Å²) in [5.41, 5.74) is 1.58. The van der Waals surface area contributed by atoms with E-state index in [1.165, 1.54) is 13.2 Å². The van der Waals surface area contributed by atoms with Gasteiger partial charge in [0.25, 0.3) is 0 Å². The van der Waals surface area contributed by atoms with Gasteiger partial charge in [-0.3, -0.25) is 4.79 Å². The summed E-state index contributed by atoms with van der Waals surface area (Å²) in [6, 6.07) is 13.0. The summed E-state index contributed by atoms with van der Waals surface area (Å²) in [5.74, 6) is -0.246. The molecule has 0 aliphatic rings. The molecule has 2 rings (SSSR count). The van der Waals surface area contributed by atoms with Gasteiger partial charge in [-0.2, -0.15) is 4.72 Å². The first-order chi connectivity index (χ1) is 13.4. The molecule has 0 aromatic heterocycles. The molecule has 1 unspecified atom stereocenters. The number of nitrogens with one attached hydrogen (secondary N) is 2. The number of hydrogen-bond acceptors (Lipinski definition) is 5. The molecule has 0 fully saturated rings. The molecule has 0 spiro atoms. The number of carbonyl (C=O) groups is 1. The van der Waals surface area contributed by atoms with E-state index in [0.717, 1.165) is 11.1 Å². The Morgan fingerprint density at radius 2 is 1.89 bits per heavy atom. The Hall–Kier alpha value is -2.42. The Kier molecular flexibility index (Phi) is 7.98.